The van der Waals surface area contributed by atoms with Crippen LogP contribution in [0.1, 0.15) is 57.8 Å². The number of nitrogens with zero attached hydrogens (tertiary/aromatic N) is 5. The van der Waals surface area contributed by atoms with Gasteiger partial charge in [-0.05, 0) is 50.1 Å². The van der Waals surface area contributed by atoms with E-state index in [-0.39, 0.29) is 42.3 Å². The molecule has 0 atom stereocenters. The van der Waals surface area contributed by atoms with Gasteiger partial charge >= 0.3 is 0 Å². The number of hydrogen-bond acceptors (Lipinski definition) is 8. The van der Waals surface area contributed by atoms with Gasteiger partial charge in [0.1, 0.15) is 5.00 Å². The Morgan fingerprint density at radius 1 is 1.11 bits per heavy atom. The molecule has 0 aliphatic carbocycles. The Bertz CT molecular complexity index is 1350. The molecule has 12 heteroatoms. The number of nitriles is 2. The third-order valence-corrected chi connectivity index (χ3v) is 9.41. The van der Waals surface area contributed by atoms with Crippen molar-refractivity contribution in [2.75, 3.05) is 39.0 Å². The van der Waals surface area contributed by atoms with Crippen molar-refractivity contribution in [3.05, 3.63) is 45.8 Å². The molecule has 202 valence electrons. The number of thiophene rings is 1. The first-order valence-corrected chi connectivity index (χ1v) is 14.5. The third-order valence-electron chi connectivity index (χ3n) is 6.36. The quantitative estimate of drug-likeness (QED) is 0.474. The van der Waals surface area contributed by atoms with Gasteiger partial charge in [-0.2, -0.15) is 14.8 Å². The van der Waals surface area contributed by atoms with E-state index >= 15 is 0 Å². The van der Waals surface area contributed by atoms with Gasteiger partial charge in [0.15, 0.2) is 0 Å². The fourth-order valence-corrected chi connectivity index (χ4v) is 6.91. The predicted octanol–water partition coefficient (Wildman–Crippen LogP) is 3.29. The summed E-state index contributed by atoms with van der Waals surface area (Å²) in [5.74, 6) is -0.626. The van der Waals surface area contributed by atoms with E-state index in [4.69, 9.17) is 10.5 Å². The fraction of sp³-hybridized carbons (Fsp3) is 0.462. The van der Waals surface area contributed by atoms with Crippen LogP contribution in [0.2, 0.25) is 0 Å². The molecule has 0 unspecified atom stereocenters. The van der Waals surface area contributed by atoms with Gasteiger partial charge in [0.2, 0.25) is 10.0 Å². The molecule has 1 aliphatic heterocycles. The molecule has 38 heavy (non-hydrogen) atoms. The standard InChI is InChI=1S/C26H32N6O4S2/c1-18(2)31-16-11-21-22(17-31)37-25(23(21)26(34)30(3)4)29-24(33)19-7-9-20(10-8-19)38(35,36)32(14-5-12-27)15-6-13-28/h7-10,18H,5-6,11,14-17H2,1-4H3,(H,29,33). The molecule has 1 aromatic heterocycles. The van der Waals surface area contributed by atoms with Crippen LogP contribution >= 0.6 is 11.3 Å². The summed E-state index contributed by atoms with van der Waals surface area (Å²) in [7, 11) is -0.587. The Labute approximate surface area is 228 Å². The maximum absolute atomic E-state index is 13.1. The normalized spacial score (nSPS) is 13.6. The van der Waals surface area contributed by atoms with E-state index in [1.165, 1.54) is 40.5 Å². The largest absolute Gasteiger partial charge is 0.345 e. The van der Waals surface area contributed by atoms with Crippen LogP contribution in [-0.4, -0.2) is 74.1 Å². The number of anilines is 1. The van der Waals surface area contributed by atoms with Crippen LogP contribution in [0.3, 0.4) is 0 Å². The summed E-state index contributed by atoms with van der Waals surface area (Å²) in [6.45, 7) is 5.75. The summed E-state index contributed by atoms with van der Waals surface area (Å²) in [5.41, 5.74) is 1.72. The van der Waals surface area contributed by atoms with Crippen LogP contribution in [0, 0.1) is 22.7 Å². The SMILES string of the molecule is CC(C)N1CCc2c(sc(NC(=O)c3ccc(S(=O)(=O)N(CCC#N)CCC#N)cc3)c2C(=O)N(C)C)C1. The molecule has 0 saturated carbocycles. The zero-order chi connectivity index (χ0) is 28.0. The van der Waals surface area contributed by atoms with Crippen LogP contribution in [0.4, 0.5) is 5.00 Å². The second-order valence-corrected chi connectivity index (χ2v) is 12.5. The van der Waals surface area contributed by atoms with Crippen molar-refractivity contribution >= 4 is 38.2 Å². The highest BCUT2D eigenvalue weighted by atomic mass is 32.2. The molecular formula is C26H32N6O4S2. The Balaban J connectivity index is 1.86. The second-order valence-electron chi connectivity index (χ2n) is 9.42. The second kappa shape index (κ2) is 12.5. The number of benzene rings is 1. The van der Waals surface area contributed by atoms with Crippen LogP contribution in [0.25, 0.3) is 0 Å². The monoisotopic (exact) mass is 556 g/mol. The van der Waals surface area contributed by atoms with Crippen LogP contribution in [0.5, 0.6) is 0 Å². The molecule has 2 amide bonds. The molecule has 2 heterocycles. The van der Waals surface area contributed by atoms with Gasteiger partial charge < -0.3 is 10.2 Å². The average Bonchev–Trinajstić information content (AvgIpc) is 3.24. The summed E-state index contributed by atoms with van der Waals surface area (Å²) in [6, 6.07) is 9.70. The van der Waals surface area contributed by atoms with Gasteiger partial charge in [0.25, 0.3) is 11.8 Å². The summed E-state index contributed by atoms with van der Waals surface area (Å²) in [4.78, 5) is 31.1. The van der Waals surface area contributed by atoms with E-state index in [2.05, 4.69) is 24.1 Å². The van der Waals surface area contributed by atoms with E-state index in [0.717, 1.165) is 27.7 Å². The number of amides is 2. The van der Waals surface area contributed by atoms with Crippen molar-refractivity contribution in [1.29, 1.82) is 10.5 Å². The number of hydrogen-bond donors (Lipinski definition) is 1. The highest BCUT2D eigenvalue weighted by molar-refractivity contribution is 7.89. The first-order valence-electron chi connectivity index (χ1n) is 12.3. The van der Waals surface area contributed by atoms with Crippen LogP contribution in [-0.2, 0) is 23.0 Å². The minimum Gasteiger partial charge on any atom is -0.345 e. The lowest BCUT2D eigenvalue weighted by Crippen LogP contribution is -2.36. The lowest BCUT2D eigenvalue weighted by Gasteiger charge is -2.30. The van der Waals surface area contributed by atoms with E-state index in [9.17, 15) is 18.0 Å². The minimum atomic E-state index is -3.94. The first kappa shape index (κ1) is 29.3. The topological polar surface area (TPSA) is 138 Å². The summed E-state index contributed by atoms with van der Waals surface area (Å²) >= 11 is 1.40. The number of nitrogens with one attached hydrogen (secondary N) is 1. The minimum absolute atomic E-state index is 0.00112. The molecule has 1 aromatic carbocycles. The van der Waals surface area contributed by atoms with Gasteiger partial charge in [0.05, 0.1) is 22.6 Å². The van der Waals surface area contributed by atoms with E-state index < -0.39 is 15.9 Å². The molecule has 2 aromatic rings. The van der Waals surface area contributed by atoms with Gasteiger partial charge in [-0.15, -0.1) is 11.3 Å². The van der Waals surface area contributed by atoms with Crippen molar-refractivity contribution in [2.24, 2.45) is 0 Å². The maximum Gasteiger partial charge on any atom is 0.256 e. The Hall–Kier alpha value is -3.29. The Kier molecular flexibility index (Phi) is 9.63. The smallest absolute Gasteiger partial charge is 0.256 e. The molecule has 10 nitrogen and oxygen atoms in total. The number of fused-ring (bicyclic) bond motifs is 1. The Morgan fingerprint density at radius 2 is 1.71 bits per heavy atom. The molecule has 0 saturated heterocycles. The number of carbonyl (C=O) groups excluding carboxylic acids is 2. The van der Waals surface area contributed by atoms with Crippen LogP contribution < -0.4 is 5.32 Å². The van der Waals surface area contributed by atoms with Crippen molar-refractivity contribution in [1.82, 2.24) is 14.1 Å². The summed E-state index contributed by atoms with van der Waals surface area (Å²) in [6.07, 6.45) is 0.715. The van der Waals surface area contributed by atoms with Crippen molar-refractivity contribution in [3.8, 4) is 12.1 Å². The molecule has 0 radical (unpaired) electrons. The van der Waals surface area contributed by atoms with Crippen molar-refractivity contribution < 1.29 is 18.0 Å². The van der Waals surface area contributed by atoms with Gasteiger partial charge in [0, 0.05) is 69.6 Å². The third kappa shape index (κ3) is 6.40. The van der Waals surface area contributed by atoms with Gasteiger partial charge in [-0.3, -0.25) is 14.5 Å². The molecule has 0 fully saturated rings. The van der Waals surface area contributed by atoms with Crippen molar-refractivity contribution in [2.45, 2.75) is 50.6 Å². The lowest BCUT2D eigenvalue weighted by atomic mass is 10.0. The zero-order valence-electron chi connectivity index (χ0n) is 22.0. The molecule has 1 aliphatic rings. The summed E-state index contributed by atoms with van der Waals surface area (Å²) in [5, 5.41) is 21.1. The Morgan fingerprint density at radius 3 is 2.24 bits per heavy atom. The number of carbonyl (C=O) groups is 2. The van der Waals surface area contributed by atoms with Crippen LogP contribution in [0.15, 0.2) is 29.2 Å². The summed E-state index contributed by atoms with van der Waals surface area (Å²) < 4.78 is 27.2. The van der Waals surface area contributed by atoms with E-state index in [1.807, 2.05) is 12.1 Å². The number of sulfonamides is 1. The predicted molar refractivity (Wildman–Crippen MR) is 145 cm³/mol. The lowest BCUT2D eigenvalue weighted by molar-refractivity contribution is 0.0827. The molecule has 3 rings (SSSR count). The van der Waals surface area contributed by atoms with Gasteiger partial charge in [-0.1, -0.05) is 0 Å². The molecule has 1 N–H and O–H groups in total. The average molecular weight is 557 g/mol. The van der Waals surface area contributed by atoms with Crippen molar-refractivity contribution in [3.63, 3.8) is 0 Å². The highest BCUT2D eigenvalue weighted by Gasteiger charge is 2.30. The maximum atomic E-state index is 13.1. The van der Waals surface area contributed by atoms with E-state index in [0.29, 0.717) is 23.2 Å². The van der Waals surface area contributed by atoms with Gasteiger partial charge in [-0.25, -0.2) is 8.42 Å². The zero-order valence-corrected chi connectivity index (χ0v) is 23.7. The molecule has 0 spiro atoms. The number of rotatable bonds is 10. The highest BCUT2D eigenvalue weighted by Crippen LogP contribution is 2.38. The van der Waals surface area contributed by atoms with E-state index in [1.54, 1.807) is 14.1 Å². The first-order chi connectivity index (χ1) is 18.0. The fourth-order valence-electron chi connectivity index (χ4n) is 4.21. The molecular weight excluding hydrogens is 524 g/mol. The molecule has 0 bridgehead atoms.